The second-order valence-electron chi connectivity index (χ2n) is 7.10. The van der Waals surface area contributed by atoms with E-state index in [2.05, 4.69) is 5.32 Å². The van der Waals surface area contributed by atoms with Gasteiger partial charge in [-0.2, -0.15) is 13.2 Å². The maximum atomic E-state index is 13.0. The summed E-state index contributed by atoms with van der Waals surface area (Å²) in [6.45, 7) is 2.07. The van der Waals surface area contributed by atoms with Crippen LogP contribution in [0.5, 0.6) is 5.75 Å². The van der Waals surface area contributed by atoms with Crippen LogP contribution in [-0.4, -0.2) is 11.4 Å². The van der Waals surface area contributed by atoms with Crippen LogP contribution in [0.1, 0.15) is 30.5 Å². The third-order valence-corrected chi connectivity index (χ3v) is 4.86. The second-order valence-corrected chi connectivity index (χ2v) is 7.97. The van der Waals surface area contributed by atoms with E-state index in [-0.39, 0.29) is 11.4 Å². The first-order valence-electron chi connectivity index (χ1n) is 9.16. The van der Waals surface area contributed by atoms with Crippen molar-refractivity contribution in [2.75, 3.05) is 11.9 Å². The van der Waals surface area contributed by atoms with Crippen LogP contribution in [0.2, 0.25) is 0 Å². The predicted molar refractivity (Wildman–Crippen MR) is 110 cm³/mol. The molecule has 2 aromatic rings. The average molecular weight is 423 g/mol. The molecule has 0 aromatic heterocycles. The van der Waals surface area contributed by atoms with Crippen molar-refractivity contribution in [3.63, 3.8) is 0 Å². The summed E-state index contributed by atoms with van der Waals surface area (Å²) in [5, 5.41) is 3.17. The molecule has 0 heterocycles. The number of nitrogens with one attached hydrogen (secondary N) is 1. The van der Waals surface area contributed by atoms with Crippen LogP contribution in [0.15, 0.2) is 72.5 Å². The smallest absolute Gasteiger partial charge is 0.416 e. The number of ether oxygens (including phenoxy) is 1. The molecule has 29 heavy (non-hydrogen) atoms. The molecule has 154 valence electrons. The molecule has 0 aliphatic heterocycles. The molecule has 2 unspecified atom stereocenters. The van der Waals surface area contributed by atoms with E-state index in [0.717, 1.165) is 17.8 Å². The van der Waals surface area contributed by atoms with Crippen molar-refractivity contribution >= 4 is 17.3 Å². The summed E-state index contributed by atoms with van der Waals surface area (Å²) in [6.07, 6.45) is 1.94. The van der Waals surface area contributed by atoms with Gasteiger partial charge in [-0.25, -0.2) is 0 Å². The summed E-state index contributed by atoms with van der Waals surface area (Å²) in [5.41, 5.74) is 6.30. The van der Waals surface area contributed by atoms with Gasteiger partial charge in [-0.3, -0.25) is 0 Å². The fourth-order valence-corrected chi connectivity index (χ4v) is 3.07. The lowest BCUT2D eigenvalue weighted by Crippen LogP contribution is -2.21. The highest BCUT2D eigenvalue weighted by Gasteiger charge is 2.30. The van der Waals surface area contributed by atoms with Gasteiger partial charge in [0.15, 0.2) is 0 Å². The molecule has 0 saturated carbocycles. The van der Waals surface area contributed by atoms with Crippen LogP contribution in [-0.2, 0) is 6.18 Å². The molecule has 0 bridgehead atoms. The van der Waals surface area contributed by atoms with E-state index >= 15 is 0 Å². The van der Waals surface area contributed by atoms with Crippen molar-refractivity contribution < 1.29 is 17.9 Å². The van der Waals surface area contributed by atoms with Gasteiger partial charge in [0.1, 0.15) is 11.5 Å². The van der Waals surface area contributed by atoms with Crippen molar-refractivity contribution in [1.82, 2.24) is 0 Å². The van der Waals surface area contributed by atoms with Crippen LogP contribution < -0.4 is 15.8 Å². The van der Waals surface area contributed by atoms with Crippen LogP contribution in [0.25, 0.3) is 0 Å². The molecule has 0 amide bonds. The van der Waals surface area contributed by atoms with Crippen LogP contribution in [0.3, 0.4) is 0 Å². The zero-order chi connectivity index (χ0) is 21.1. The normalized spacial score (nSPS) is 20.1. The molecule has 0 fully saturated rings. The molecular formula is C22H22ClF3N2O. The topological polar surface area (TPSA) is 47.3 Å². The number of hydrogen-bond donors (Lipinski definition) is 2. The summed E-state index contributed by atoms with van der Waals surface area (Å²) in [4.78, 5) is -0.388. The minimum Gasteiger partial charge on any atom is -0.458 e. The maximum absolute atomic E-state index is 13.0. The number of nitrogens with two attached hydrogens (primary N) is 1. The molecule has 0 saturated heterocycles. The van der Waals surface area contributed by atoms with Gasteiger partial charge in [0.25, 0.3) is 0 Å². The molecule has 7 heteroatoms. The lowest BCUT2D eigenvalue weighted by Gasteiger charge is -2.21. The Kier molecular flexibility index (Phi) is 6.24. The highest BCUT2D eigenvalue weighted by atomic mass is 35.5. The van der Waals surface area contributed by atoms with Gasteiger partial charge >= 0.3 is 6.18 Å². The quantitative estimate of drug-likeness (QED) is 0.558. The minimum atomic E-state index is -4.39. The van der Waals surface area contributed by atoms with E-state index in [4.69, 9.17) is 22.1 Å². The van der Waals surface area contributed by atoms with Gasteiger partial charge in [0, 0.05) is 12.2 Å². The maximum Gasteiger partial charge on any atom is 0.416 e. The summed E-state index contributed by atoms with van der Waals surface area (Å²) < 4.78 is 44.7. The van der Waals surface area contributed by atoms with E-state index in [0.29, 0.717) is 23.5 Å². The van der Waals surface area contributed by atoms with Gasteiger partial charge in [-0.05, 0) is 67.5 Å². The Bertz CT molecular complexity index is 905. The van der Waals surface area contributed by atoms with Gasteiger partial charge < -0.3 is 15.8 Å². The predicted octanol–water partition coefficient (Wildman–Crippen LogP) is 6.04. The summed E-state index contributed by atoms with van der Waals surface area (Å²) >= 11 is 6.24. The van der Waals surface area contributed by atoms with Crippen molar-refractivity contribution in [1.29, 1.82) is 0 Å². The molecule has 1 aliphatic carbocycles. The zero-order valence-electron chi connectivity index (χ0n) is 15.8. The third-order valence-electron chi connectivity index (χ3n) is 4.58. The fraction of sp³-hybridized carbons (Fsp3) is 0.273. The lowest BCUT2D eigenvalue weighted by molar-refractivity contribution is -0.137. The molecule has 2 aromatic carbocycles. The van der Waals surface area contributed by atoms with E-state index in [9.17, 15) is 13.2 Å². The van der Waals surface area contributed by atoms with Crippen molar-refractivity contribution in [3.8, 4) is 5.75 Å². The number of anilines is 1. The van der Waals surface area contributed by atoms with E-state index < -0.39 is 17.8 Å². The Balaban J connectivity index is 1.67. The lowest BCUT2D eigenvalue weighted by atomic mass is 10.0. The van der Waals surface area contributed by atoms with Gasteiger partial charge in [-0.15, -0.1) is 11.6 Å². The monoisotopic (exact) mass is 422 g/mol. The Labute approximate surface area is 173 Å². The van der Waals surface area contributed by atoms with Gasteiger partial charge in [0.2, 0.25) is 0 Å². The average Bonchev–Trinajstić information content (AvgIpc) is 2.68. The molecular weight excluding hydrogens is 401 g/mol. The number of benzene rings is 2. The Morgan fingerprint density at radius 1 is 1.21 bits per heavy atom. The number of allylic oxidation sites excluding steroid dienone is 3. The van der Waals surface area contributed by atoms with Crippen molar-refractivity contribution in [3.05, 3.63) is 83.6 Å². The Morgan fingerprint density at radius 3 is 2.52 bits per heavy atom. The molecule has 3 nitrogen and oxygen atoms in total. The van der Waals surface area contributed by atoms with Crippen LogP contribution >= 0.6 is 11.6 Å². The largest absolute Gasteiger partial charge is 0.458 e. The van der Waals surface area contributed by atoms with Crippen molar-refractivity contribution in [2.45, 2.75) is 30.4 Å². The molecule has 0 radical (unpaired) electrons. The summed E-state index contributed by atoms with van der Waals surface area (Å²) in [7, 11) is 0. The summed E-state index contributed by atoms with van der Waals surface area (Å²) in [6, 6.07) is 11.9. The SMILES string of the molecule is CC1(Cl)C=CC(Oc2ccc(NC(CN)c3cccc(C(F)(F)F)c3)cc2)=CC1. The van der Waals surface area contributed by atoms with E-state index in [1.165, 1.54) is 6.07 Å². The standard InChI is InChI=1S/C22H22ClF3N2O/c1-21(23)11-9-19(10-12-21)29-18-7-5-17(6-8-18)28-20(14-27)15-3-2-4-16(13-15)22(24,25)26/h2-11,13,20,28H,12,14,27H2,1H3. The Hall–Kier alpha value is -2.44. The van der Waals surface area contributed by atoms with Gasteiger partial charge in [-0.1, -0.05) is 18.2 Å². The Morgan fingerprint density at radius 2 is 1.93 bits per heavy atom. The number of hydrogen-bond acceptors (Lipinski definition) is 3. The molecule has 3 N–H and O–H groups in total. The first kappa shape index (κ1) is 21.3. The molecule has 1 aliphatic rings. The molecule has 0 spiro atoms. The number of alkyl halides is 4. The zero-order valence-corrected chi connectivity index (χ0v) is 16.6. The third kappa shape index (κ3) is 5.78. The van der Waals surface area contributed by atoms with Crippen LogP contribution in [0.4, 0.5) is 18.9 Å². The summed E-state index contributed by atoms with van der Waals surface area (Å²) in [5.74, 6) is 1.36. The minimum absolute atomic E-state index is 0.147. The molecule has 3 rings (SSSR count). The van der Waals surface area contributed by atoms with Crippen LogP contribution in [0, 0.1) is 0 Å². The van der Waals surface area contributed by atoms with Gasteiger partial charge in [0.05, 0.1) is 16.5 Å². The number of halogens is 4. The van der Waals surface area contributed by atoms with E-state index in [1.807, 2.05) is 25.2 Å². The molecule has 2 atom stereocenters. The second kappa shape index (κ2) is 8.51. The van der Waals surface area contributed by atoms with E-state index in [1.54, 1.807) is 30.3 Å². The first-order valence-corrected chi connectivity index (χ1v) is 9.54. The first-order chi connectivity index (χ1) is 13.7. The highest BCUT2D eigenvalue weighted by molar-refractivity contribution is 6.25. The van der Waals surface area contributed by atoms with Crippen molar-refractivity contribution in [2.24, 2.45) is 5.73 Å². The fourth-order valence-electron chi connectivity index (χ4n) is 2.93. The number of rotatable bonds is 6. The highest BCUT2D eigenvalue weighted by Crippen LogP contribution is 2.32.